The van der Waals surface area contributed by atoms with Crippen LogP contribution in [-0.4, -0.2) is 21.3 Å². The van der Waals surface area contributed by atoms with Crippen LogP contribution in [0.2, 0.25) is 0 Å². The molecular weight excluding hydrogens is 206 g/mol. The Hall–Kier alpha value is -1.62. The molecule has 0 radical (unpaired) electrons. The summed E-state index contributed by atoms with van der Waals surface area (Å²) in [6, 6.07) is 1.54. The van der Waals surface area contributed by atoms with Gasteiger partial charge in [-0.1, -0.05) is 6.58 Å². The van der Waals surface area contributed by atoms with Gasteiger partial charge in [0.2, 0.25) is 0 Å². The summed E-state index contributed by atoms with van der Waals surface area (Å²) < 4.78 is 1.54. The van der Waals surface area contributed by atoms with Gasteiger partial charge in [-0.2, -0.15) is 4.98 Å². The Bertz CT molecular complexity index is 467. The van der Waals surface area contributed by atoms with Crippen LogP contribution < -0.4 is 11.4 Å². The lowest BCUT2D eigenvalue weighted by atomic mass is 10.0. The van der Waals surface area contributed by atoms with Crippen molar-refractivity contribution >= 4 is 5.82 Å². The number of nitrogens with zero attached hydrogens (tertiary/aromatic N) is 2. The molecule has 1 aromatic rings. The van der Waals surface area contributed by atoms with Gasteiger partial charge in [-0.3, -0.25) is 4.57 Å². The lowest BCUT2D eigenvalue weighted by Crippen LogP contribution is -2.27. The van der Waals surface area contributed by atoms with E-state index in [4.69, 9.17) is 10.8 Å². The van der Waals surface area contributed by atoms with Crippen LogP contribution in [0.4, 0.5) is 5.82 Å². The number of anilines is 1. The molecule has 0 saturated heterocycles. The Kier molecular flexibility index (Phi) is 2.78. The van der Waals surface area contributed by atoms with Gasteiger partial charge in [0.1, 0.15) is 5.82 Å². The van der Waals surface area contributed by atoms with E-state index in [-0.39, 0.29) is 30.1 Å². The number of aliphatic hydroxyl groups excluding tert-OH is 1. The molecule has 1 fully saturated rings. The highest BCUT2D eigenvalue weighted by Gasteiger charge is 2.29. The standard InChI is InChI=1S/C11H15N3O2/c1-7-8(6-15)2-3-9(7)14-5-4-10(12)13-11(14)16/h4-5,8-9,15H,1-3,6H2,(H2,12,13,16). The summed E-state index contributed by atoms with van der Waals surface area (Å²) in [7, 11) is 0. The molecule has 86 valence electrons. The Morgan fingerprint density at radius 2 is 2.38 bits per heavy atom. The number of hydrogen-bond donors (Lipinski definition) is 2. The summed E-state index contributed by atoms with van der Waals surface area (Å²) >= 11 is 0. The van der Waals surface area contributed by atoms with Crippen LogP contribution in [0.25, 0.3) is 0 Å². The molecule has 0 bridgehead atoms. The Morgan fingerprint density at radius 1 is 1.62 bits per heavy atom. The second-order valence-electron chi connectivity index (χ2n) is 4.09. The molecule has 2 atom stereocenters. The molecule has 2 rings (SSSR count). The molecule has 5 nitrogen and oxygen atoms in total. The number of rotatable bonds is 2. The Labute approximate surface area is 93.2 Å². The average Bonchev–Trinajstić information content (AvgIpc) is 2.60. The van der Waals surface area contributed by atoms with Crippen molar-refractivity contribution in [3.05, 3.63) is 34.9 Å². The minimum absolute atomic E-state index is 0.0576. The molecule has 1 aliphatic rings. The fourth-order valence-electron chi connectivity index (χ4n) is 2.19. The zero-order valence-electron chi connectivity index (χ0n) is 8.97. The number of aromatic nitrogens is 2. The largest absolute Gasteiger partial charge is 0.396 e. The number of aliphatic hydroxyl groups is 1. The fourth-order valence-corrected chi connectivity index (χ4v) is 2.19. The number of nitrogens with two attached hydrogens (primary N) is 1. The van der Waals surface area contributed by atoms with Crippen molar-refractivity contribution in [2.75, 3.05) is 12.3 Å². The minimum atomic E-state index is -0.357. The van der Waals surface area contributed by atoms with E-state index in [1.807, 2.05) is 0 Å². The van der Waals surface area contributed by atoms with Gasteiger partial charge in [-0.15, -0.1) is 0 Å². The molecule has 1 saturated carbocycles. The monoisotopic (exact) mass is 221 g/mol. The van der Waals surface area contributed by atoms with Gasteiger partial charge in [-0.25, -0.2) is 4.79 Å². The second kappa shape index (κ2) is 4.09. The maximum atomic E-state index is 11.6. The molecule has 0 amide bonds. The highest BCUT2D eigenvalue weighted by Crippen LogP contribution is 2.37. The van der Waals surface area contributed by atoms with E-state index in [0.717, 1.165) is 18.4 Å². The first-order chi connectivity index (χ1) is 7.63. The number of hydrogen-bond acceptors (Lipinski definition) is 4. The maximum absolute atomic E-state index is 11.6. The second-order valence-corrected chi connectivity index (χ2v) is 4.09. The van der Waals surface area contributed by atoms with Gasteiger partial charge in [0, 0.05) is 18.7 Å². The van der Waals surface area contributed by atoms with Gasteiger partial charge < -0.3 is 10.8 Å². The van der Waals surface area contributed by atoms with Crippen LogP contribution in [0, 0.1) is 5.92 Å². The summed E-state index contributed by atoms with van der Waals surface area (Å²) in [5, 5.41) is 9.13. The first kappa shape index (κ1) is 10.9. The first-order valence-corrected chi connectivity index (χ1v) is 5.27. The molecular formula is C11H15N3O2. The molecule has 16 heavy (non-hydrogen) atoms. The zero-order chi connectivity index (χ0) is 11.7. The summed E-state index contributed by atoms with van der Waals surface area (Å²) in [5.41, 5.74) is 5.97. The van der Waals surface area contributed by atoms with Gasteiger partial charge in [0.05, 0.1) is 6.04 Å². The van der Waals surface area contributed by atoms with Crippen molar-refractivity contribution in [3.63, 3.8) is 0 Å². The van der Waals surface area contributed by atoms with Crippen LogP contribution in [0.1, 0.15) is 18.9 Å². The van der Waals surface area contributed by atoms with E-state index in [9.17, 15) is 4.79 Å². The van der Waals surface area contributed by atoms with E-state index in [2.05, 4.69) is 11.6 Å². The van der Waals surface area contributed by atoms with Crippen molar-refractivity contribution in [2.45, 2.75) is 18.9 Å². The highest BCUT2D eigenvalue weighted by atomic mass is 16.3. The maximum Gasteiger partial charge on any atom is 0.350 e. The molecule has 1 aromatic heterocycles. The summed E-state index contributed by atoms with van der Waals surface area (Å²) in [5.74, 6) is 0.318. The number of nitrogen functional groups attached to an aromatic ring is 1. The van der Waals surface area contributed by atoms with Crippen molar-refractivity contribution in [1.29, 1.82) is 0 Å². The average molecular weight is 221 g/mol. The molecule has 0 aliphatic heterocycles. The third-order valence-corrected chi connectivity index (χ3v) is 3.15. The van der Waals surface area contributed by atoms with Crippen LogP contribution in [0.5, 0.6) is 0 Å². The van der Waals surface area contributed by atoms with Crippen LogP contribution in [0.15, 0.2) is 29.2 Å². The van der Waals surface area contributed by atoms with Crippen molar-refractivity contribution in [2.24, 2.45) is 5.92 Å². The van der Waals surface area contributed by atoms with E-state index in [1.165, 1.54) is 4.57 Å². The van der Waals surface area contributed by atoms with E-state index >= 15 is 0 Å². The zero-order valence-corrected chi connectivity index (χ0v) is 8.97. The third kappa shape index (κ3) is 1.74. The van der Waals surface area contributed by atoms with Crippen molar-refractivity contribution in [3.8, 4) is 0 Å². The van der Waals surface area contributed by atoms with E-state index in [1.54, 1.807) is 12.3 Å². The van der Waals surface area contributed by atoms with Crippen LogP contribution in [0.3, 0.4) is 0 Å². The van der Waals surface area contributed by atoms with Crippen LogP contribution >= 0.6 is 0 Å². The molecule has 2 unspecified atom stereocenters. The highest BCUT2D eigenvalue weighted by molar-refractivity contribution is 5.25. The fraction of sp³-hybridized carbons (Fsp3) is 0.455. The smallest absolute Gasteiger partial charge is 0.350 e. The predicted molar refractivity (Wildman–Crippen MR) is 60.9 cm³/mol. The van der Waals surface area contributed by atoms with Crippen LogP contribution in [-0.2, 0) is 0 Å². The predicted octanol–water partition coefficient (Wildman–Crippen LogP) is 0.325. The SMILES string of the molecule is C=C1C(CO)CCC1n1ccc(N)nc1=O. The lowest BCUT2D eigenvalue weighted by Gasteiger charge is -2.16. The molecule has 1 heterocycles. The topological polar surface area (TPSA) is 81.1 Å². The van der Waals surface area contributed by atoms with E-state index in [0.29, 0.717) is 0 Å². The first-order valence-electron chi connectivity index (χ1n) is 5.27. The van der Waals surface area contributed by atoms with Gasteiger partial charge in [0.25, 0.3) is 0 Å². The quantitative estimate of drug-likeness (QED) is 0.705. The van der Waals surface area contributed by atoms with Gasteiger partial charge in [0.15, 0.2) is 0 Å². The summed E-state index contributed by atoms with van der Waals surface area (Å²) in [6.07, 6.45) is 3.31. The molecule has 3 N–H and O–H groups in total. The molecule has 5 heteroatoms. The molecule has 1 aliphatic carbocycles. The summed E-state index contributed by atoms with van der Waals surface area (Å²) in [4.78, 5) is 15.3. The lowest BCUT2D eigenvalue weighted by molar-refractivity contribution is 0.249. The van der Waals surface area contributed by atoms with Crippen molar-refractivity contribution < 1.29 is 5.11 Å². The van der Waals surface area contributed by atoms with Gasteiger partial charge >= 0.3 is 5.69 Å². The Balaban J connectivity index is 2.32. The third-order valence-electron chi connectivity index (χ3n) is 3.15. The minimum Gasteiger partial charge on any atom is -0.396 e. The van der Waals surface area contributed by atoms with E-state index < -0.39 is 0 Å². The Morgan fingerprint density at radius 3 is 2.94 bits per heavy atom. The molecule has 0 spiro atoms. The van der Waals surface area contributed by atoms with Gasteiger partial charge in [-0.05, 0) is 24.5 Å². The van der Waals surface area contributed by atoms with Crippen molar-refractivity contribution in [1.82, 2.24) is 9.55 Å². The summed E-state index contributed by atoms with van der Waals surface area (Å²) in [6.45, 7) is 4.04. The molecule has 0 aromatic carbocycles. The normalized spacial score (nSPS) is 24.9.